The summed E-state index contributed by atoms with van der Waals surface area (Å²) in [6.45, 7) is 10.1. The second-order valence-corrected chi connectivity index (χ2v) is 9.13. The quantitative estimate of drug-likeness (QED) is 0.472. The molecule has 1 aliphatic rings. The smallest absolute Gasteiger partial charge is 0.341 e. The first-order valence-electron chi connectivity index (χ1n) is 10.8. The minimum absolute atomic E-state index is 0.0336. The third-order valence-electron chi connectivity index (χ3n) is 6.04. The fourth-order valence-corrected chi connectivity index (χ4v) is 4.56. The summed E-state index contributed by atoms with van der Waals surface area (Å²) in [5.74, 6) is 0.498. The maximum Gasteiger partial charge on any atom is 0.341 e. The van der Waals surface area contributed by atoms with Crippen LogP contribution in [0.15, 0.2) is 54.6 Å². The lowest BCUT2D eigenvalue weighted by atomic mass is 9.73. The van der Waals surface area contributed by atoms with E-state index in [-0.39, 0.29) is 30.0 Å². The lowest BCUT2D eigenvalue weighted by molar-refractivity contribution is -0.139. The molecule has 172 valence electrons. The average Bonchev–Trinajstić information content (AvgIpc) is 2.77. The normalized spacial score (nSPS) is 23.1. The zero-order valence-corrected chi connectivity index (χ0v) is 19.8. The van der Waals surface area contributed by atoms with Gasteiger partial charge in [-0.2, -0.15) is 0 Å². The first-order chi connectivity index (χ1) is 15.2. The molecule has 1 saturated heterocycles. The topological polar surface area (TPSA) is 65.0 Å². The van der Waals surface area contributed by atoms with Crippen molar-refractivity contribution in [3.63, 3.8) is 0 Å². The molecule has 1 heterocycles. The Bertz CT molecular complexity index is 953. The molecule has 0 bridgehead atoms. The number of hydrogen-bond donors (Lipinski definition) is 1. The third-order valence-corrected chi connectivity index (χ3v) is 6.29. The summed E-state index contributed by atoms with van der Waals surface area (Å²) in [5, 5.41) is 9.83. The number of ether oxygens (including phenoxy) is 3. The number of carbonyl (C=O) groups is 1. The van der Waals surface area contributed by atoms with Crippen molar-refractivity contribution in [3.8, 4) is 11.5 Å². The highest BCUT2D eigenvalue weighted by atomic mass is 35.5. The van der Waals surface area contributed by atoms with Gasteiger partial charge in [-0.15, -0.1) is 0 Å². The van der Waals surface area contributed by atoms with E-state index in [1.165, 1.54) is 5.56 Å². The van der Waals surface area contributed by atoms with Crippen molar-refractivity contribution in [2.75, 3.05) is 13.7 Å². The van der Waals surface area contributed by atoms with Crippen LogP contribution in [0.1, 0.15) is 50.3 Å². The minimum Gasteiger partial charge on any atom is -0.497 e. The van der Waals surface area contributed by atoms with Crippen LogP contribution in [-0.2, 0) is 9.53 Å². The van der Waals surface area contributed by atoms with Crippen LogP contribution in [0, 0.1) is 11.8 Å². The van der Waals surface area contributed by atoms with Gasteiger partial charge in [0.15, 0.2) is 6.61 Å². The molecule has 3 rings (SSSR count). The molecule has 2 aromatic carbocycles. The maximum absolute atomic E-state index is 11.1. The molecule has 2 aromatic rings. The number of methoxy groups -OCH3 is 1. The van der Waals surface area contributed by atoms with E-state index < -0.39 is 12.6 Å². The van der Waals surface area contributed by atoms with Crippen LogP contribution in [0.4, 0.5) is 0 Å². The van der Waals surface area contributed by atoms with E-state index in [0.717, 1.165) is 17.6 Å². The Hall–Kier alpha value is -2.50. The van der Waals surface area contributed by atoms with E-state index in [0.29, 0.717) is 16.5 Å². The molecule has 0 unspecified atom stereocenters. The SMILES string of the molecule is C=C(C)[C@@H]1C[C@@H](c2ccc(Cl)cc2)[C@@H](C(C)C)O[C@H]1c1ccc(OC)cc1OCC(=O)O. The Morgan fingerprint density at radius 2 is 1.94 bits per heavy atom. The zero-order chi connectivity index (χ0) is 23.4. The first-order valence-corrected chi connectivity index (χ1v) is 11.2. The van der Waals surface area contributed by atoms with E-state index in [4.69, 9.17) is 30.9 Å². The molecule has 0 amide bonds. The molecule has 6 heteroatoms. The largest absolute Gasteiger partial charge is 0.497 e. The summed E-state index contributed by atoms with van der Waals surface area (Å²) >= 11 is 6.11. The summed E-state index contributed by atoms with van der Waals surface area (Å²) < 4.78 is 17.7. The highest BCUT2D eigenvalue weighted by molar-refractivity contribution is 6.30. The molecular weight excluding hydrogens is 428 g/mol. The maximum atomic E-state index is 11.1. The second kappa shape index (κ2) is 10.4. The molecule has 0 radical (unpaired) electrons. The van der Waals surface area contributed by atoms with Crippen LogP contribution in [-0.4, -0.2) is 30.9 Å². The van der Waals surface area contributed by atoms with E-state index in [2.05, 4.69) is 32.6 Å². The minimum atomic E-state index is -1.04. The monoisotopic (exact) mass is 458 g/mol. The van der Waals surface area contributed by atoms with Gasteiger partial charge in [-0.25, -0.2) is 4.79 Å². The van der Waals surface area contributed by atoms with Crippen molar-refractivity contribution in [1.29, 1.82) is 0 Å². The van der Waals surface area contributed by atoms with Crippen LogP contribution in [0.5, 0.6) is 11.5 Å². The number of benzene rings is 2. The standard InChI is InChI=1S/C26H31ClO5/c1-15(2)21-13-22(17-6-8-18(27)9-7-17)25(16(3)4)32-26(21)20-11-10-19(30-5)12-23(20)31-14-24(28)29/h6-12,16,21-22,25-26H,1,13-14H2,2-5H3,(H,28,29)/t21-,22-,25+,26-/m0/s1. The van der Waals surface area contributed by atoms with Gasteiger partial charge in [0.25, 0.3) is 0 Å². The molecule has 0 aromatic heterocycles. The predicted octanol–water partition coefficient (Wildman–Crippen LogP) is 6.27. The van der Waals surface area contributed by atoms with Crippen LogP contribution in [0.25, 0.3) is 0 Å². The van der Waals surface area contributed by atoms with Crippen molar-refractivity contribution in [3.05, 3.63) is 70.8 Å². The molecule has 0 aliphatic carbocycles. The first kappa shape index (κ1) is 24.1. The fraction of sp³-hybridized carbons (Fsp3) is 0.423. The molecule has 32 heavy (non-hydrogen) atoms. The van der Waals surface area contributed by atoms with Crippen molar-refractivity contribution in [1.82, 2.24) is 0 Å². The predicted molar refractivity (Wildman–Crippen MR) is 126 cm³/mol. The van der Waals surface area contributed by atoms with Crippen LogP contribution >= 0.6 is 11.6 Å². The number of rotatable bonds is 8. The Morgan fingerprint density at radius 1 is 1.25 bits per heavy atom. The van der Waals surface area contributed by atoms with Gasteiger partial charge in [-0.3, -0.25) is 0 Å². The van der Waals surface area contributed by atoms with Gasteiger partial charge in [0.1, 0.15) is 11.5 Å². The molecule has 1 fully saturated rings. The third kappa shape index (κ3) is 5.45. The van der Waals surface area contributed by atoms with Crippen molar-refractivity contribution in [2.24, 2.45) is 11.8 Å². The Labute approximate surface area is 195 Å². The molecule has 1 N–H and O–H groups in total. The lowest BCUT2D eigenvalue weighted by Gasteiger charge is -2.44. The summed E-state index contributed by atoms with van der Waals surface area (Å²) in [7, 11) is 1.56. The average molecular weight is 459 g/mol. The van der Waals surface area contributed by atoms with Gasteiger partial charge in [0, 0.05) is 28.5 Å². The molecule has 0 saturated carbocycles. The Balaban J connectivity index is 2.02. The summed E-state index contributed by atoms with van der Waals surface area (Å²) in [6.07, 6.45) is 0.513. The fourth-order valence-electron chi connectivity index (χ4n) is 4.44. The summed E-state index contributed by atoms with van der Waals surface area (Å²) in [6, 6.07) is 13.4. The molecule has 4 atom stereocenters. The number of hydrogen-bond acceptors (Lipinski definition) is 4. The van der Waals surface area contributed by atoms with E-state index in [1.807, 2.05) is 31.2 Å². The van der Waals surface area contributed by atoms with E-state index in [1.54, 1.807) is 13.2 Å². The van der Waals surface area contributed by atoms with Crippen LogP contribution < -0.4 is 9.47 Å². The van der Waals surface area contributed by atoms with E-state index in [9.17, 15) is 4.79 Å². The summed E-state index contributed by atoms with van der Waals surface area (Å²) in [4.78, 5) is 11.1. The zero-order valence-electron chi connectivity index (χ0n) is 19.0. The molecule has 1 aliphatic heterocycles. The second-order valence-electron chi connectivity index (χ2n) is 8.70. The van der Waals surface area contributed by atoms with Gasteiger partial charge in [-0.1, -0.05) is 49.7 Å². The van der Waals surface area contributed by atoms with Crippen molar-refractivity contribution in [2.45, 2.75) is 45.3 Å². The number of carboxylic acids is 1. The molecule has 5 nitrogen and oxygen atoms in total. The number of halogens is 1. The lowest BCUT2D eigenvalue weighted by Crippen LogP contribution is -2.39. The van der Waals surface area contributed by atoms with Gasteiger partial charge in [0.05, 0.1) is 19.3 Å². The van der Waals surface area contributed by atoms with Crippen molar-refractivity contribution >= 4 is 17.6 Å². The highest BCUT2D eigenvalue weighted by Gasteiger charge is 2.42. The van der Waals surface area contributed by atoms with Gasteiger partial charge in [0.2, 0.25) is 0 Å². The molecule has 0 spiro atoms. The number of aliphatic carboxylic acids is 1. The van der Waals surface area contributed by atoms with Crippen LogP contribution in [0.2, 0.25) is 5.02 Å². The van der Waals surface area contributed by atoms with Gasteiger partial charge in [-0.05, 0) is 49.1 Å². The van der Waals surface area contributed by atoms with Gasteiger partial charge >= 0.3 is 5.97 Å². The van der Waals surface area contributed by atoms with Gasteiger partial charge < -0.3 is 19.3 Å². The Kier molecular flexibility index (Phi) is 7.86. The molecular formula is C26H31ClO5. The Morgan fingerprint density at radius 3 is 2.50 bits per heavy atom. The highest BCUT2D eigenvalue weighted by Crippen LogP contribution is 2.50. The van der Waals surface area contributed by atoms with E-state index >= 15 is 0 Å². The number of carboxylic acid groups (broad SMARTS) is 1. The van der Waals surface area contributed by atoms with Crippen molar-refractivity contribution < 1.29 is 24.1 Å². The van der Waals surface area contributed by atoms with Crippen LogP contribution in [0.3, 0.4) is 0 Å². The summed E-state index contributed by atoms with van der Waals surface area (Å²) in [5.41, 5.74) is 3.01.